The maximum atomic E-state index is 11.8. The van der Waals surface area contributed by atoms with Crippen LogP contribution in [0, 0.1) is 13.8 Å². The van der Waals surface area contributed by atoms with Gasteiger partial charge in [-0.3, -0.25) is 9.59 Å². The lowest BCUT2D eigenvalue weighted by Crippen LogP contribution is -2.49. The van der Waals surface area contributed by atoms with E-state index in [0.29, 0.717) is 25.4 Å². The fourth-order valence-corrected chi connectivity index (χ4v) is 3.90. The minimum absolute atomic E-state index is 0.0174. The first-order valence-electron chi connectivity index (χ1n) is 12.3. The molecule has 8 heteroatoms. The van der Waals surface area contributed by atoms with Gasteiger partial charge in [-0.2, -0.15) is 0 Å². The summed E-state index contributed by atoms with van der Waals surface area (Å²) in [7, 11) is 3.30. The zero-order valence-corrected chi connectivity index (χ0v) is 22.3. The number of phenols is 1. The highest BCUT2D eigenvalue weighted by molar-refractivity contribution is 5.82. The first-order valence-corrected chi connectivity index (χ1v) is 12.3. The number of carbonyl (C=O) groups is 2. The monoisotopic (exact) mass is 517 g/mol. The summed E-state index contributed by atoms with van der Waals surface area (Å²) in [5.74, 6) is 2.00. The van der Waals surface area contributed by atoms with Crippen LogP contribution in [0.1, 0.15) is 16.8 Å². The van der Waals surface area contributed by atoms with E-state index in [1.54, 1.807) is 31.3 Å². The summed E-state index contributed by atoms with van der Waals surface area (Å²) in [5, 5.41) is 9.96. The third-order valence-electron chi connectivity index (χ3n) is 6.00. The van der Waals surface area contributed by atoms with Crippen LogP contribution in [0.4, 0.5) is 0 Å². The van der Waals surface area contributed by atoms with Crippen molar-refractivity contribution in [3.63, 3.8) is 0 Å². The van der Waals surface area contributed by atoms with E-state index in [2.05, 4.69) is 11.1 Å². The molecule has 8 nitrogen and oxygen atoms in total. The lowest BCUT2D eigenvalue weighted by molar-refractivity contribution is -0.140. The van der Waals surface area contributed by atoms with Gasteiger partial charge in [0.25, 0.3) is 0 Å². The van der Waals surface area contributed by atoms with Crippen molar-refractivity contribution < 1.29 is 24.2 Å². The second-order valence-corrected chi connectivity index (χ2v) is 8.98. The Labute approximate surface area is 223 Å². The van der Waals surface area contributed by atoms with Gasteiger partial charge in [0.2, 0.25) is 12.3 Å². The lowest BCUT2D eigenvalue weighted by Gasteiger charge is -2.32. The number of piperazine rings is 1. The Hall–Kier alpha value is -4.46. The summed E-state index contributed by atoms with van der Waals surface area (Å²) >= 11 is 0. The molecule has 1 fully saturated rings. The first-order chi connectivity index (χ1) is 18.3. The second-order valence-electron chi connectivity index (χ2n) is 8.98. The van der Waals surface area contributed by atoms with Crippen molar-refractivity contribution in [1.82, 2.24) is 14.8 Å². The Morgan fingerprint density at radius 3 is 2.26 bits per heavy atom. The summed E-state index contributed by atoms with van der Waals surface area (Å²) in [5.41, 5.74) is 4.54. The molecule has 2 heterocycles. The molecule has 0 saturated carbocycles. The van der Waals surface area contributed by atoms with Gasteiger partial charge in [0.1, 0.15) is 17.2 Å². The SMILES string of the molecule is COc1ccc2[nH]c(C)cc2c1.COc1cccc(CN2CCN(C=O)CC2=O)c1.Cc1ccc(O)cc1. The molecule has 38 heavy (non-hydrogen) atoms. The zero-order valence-electron chi connectivity index (χ0n) is 22.3. The van der Waals surface area contributed by atoms with Crippen LogP contribution < -0.4 is 9.47 Å². The van der Waals surface area contributed by atoms with E-state index in [4.69, 9.17) is 14.6 Å². The number of amides is 2. The van der Waals surface area contributed by atoms with Gasteiger partial charge in [-0.15, -0.1) is 0 Å². The zero-order chi connectivity index (χ0) is 27.5. The van der Waals surface area contributed by atoms with Crippen LogP contribution in [0.3, 0.4) is 0 Å². The fraction of sp³-hybridized carbons (Fsp3) is 0.267. The second kappa shape index (κ2) is 13.7. The predicted molar refractivity (Wildman–Crippen MR) is 148 cm³/mol. The number of aromatic amines is 1. The summed E-state index contributed by atoms with van der Waals surface area (Å²) in [4.78, 5) is 28.9. The standard InChI is InChI=1S/C13H16N2O3.C10H11NO.C7H8O/c1-18-12-4-2-3-11(7-12)8-15-6-5-14(10-16)9-13(15)17;1-7-5-8-6-9(12-2)3-4-10(8)11-7;1-6-2-4-7(8)5-3-6/h2-4,7,10H,5-6,8-9H2,1H3;3-6,11H,1-2H3;2-5,8H,1H3. The number of carbonyl (C=O) groups excluding carboxylic acids is 2. The van der Waals surface area contributed by atoms with Crippen molar-refractivity contribution in [1.29, 1.82) is 0 Å². The minimum Gasteiger partial charge on any atom is -0.508 e. The quantitative estimate of drug-likeness (QED) is 0.375. The van der Waals surface area contributed by atoms with Gasteiger partial charge in [-0.1, -0.05) is 29.8 Å². The van der Waals surface area contributed by atoms with E-state index >= 15 is 0 Å². The lowest BCUT2D eigenvalue weighted by atomic mass is 10.2. The van der Waals surface area contributed by atoms with Crippen molar-refractivity contribution in [2.75, 3.05) is 33.9 Å². The van der Waals surface area contributed by atoms with Crippen LogP contribution in [0.25, 0.3) is 10.9 Å². The topological polar surface area (TPSA) is 95.1 Å². The van der Waals surface area contributed by atoms with Crippen LogP contribution in [0.15, 0.2) is 72.8 Å². The molecule has 5 rings (SSSR count). The molecule has 0 unspecified atom stereocenters. The van der Waals surface area contributed by atoms with Crippen molar-refractivity contribution in [2.24, 2.45) is 0 Å². The molecule has 3 aromatic carbocycles. The highest BCUT2D eigenvalue weighted by Crippen LogP contribution is 2.20. The van der Waals surface area contributed by atoms with E-state index in [-0.39, 0.29) is 12.5 Å². The molecule has 1 aliphatic heterocycles. The maximum Gasteiger partial charge on any atom is 0.242 e. The molecule has 0 spiro atoms. The summed E-state index contributed by atoms with van der Waals surface area (Å²) < 4.78 is 10.3. The molecule has 1 aliphatic rings. The Morgan fingerprint density at radius 2 is 1.63 bits per heavy atom. The van der Waals surface area contributed by atoms with Crippen LogP contribution in [0.2, 0.25) is 0 Å². The molecule has 2 N–H and O–H groups in total. The Balaban J connectivity index is 0.000000172. The van der Waals surface area contributed by atoms with Crippen molar-refractivity contribution in [3.05, 3.63) is 89.6 Å². The number of H-pyrrole nitrogens is 1. The number of aromatic hydroxyl groups is 1. The third-order valence-corrected chi connectivity index (χ3v) is 6.00. The molecule has 0 atom stereocenters. The smallest absolute Gasteiger partial charge is 0.242 e. The normalized spacial score (nSPS) is 12.7. The Morgan fingerprint density at radius 1 is 0.921 bits per heavy atom. The molecular formula is C30H35N3O5. The average Bonchev–Trinajstić information content (AvgIpc) is 3.31. The number of ether oxygens (including phenoxy) is 2. The number of rotatable bonds is 5. The van der Waals surface area contributed by atoms with Crippen LogP contribution in [-0.2, 0) is 16.1 Å². The number of nitrogens with zero attached hydrogens (tertiary/aromatic N) is 2. The molecule has 0 aliphatic carbocycles. The van der Waals surface area contributed by atoms with E-state index in [1.165, 1.54) is 21.5 Å². The summed E-state index contributed by atoms with van der Waals surface area (Å²) in [6.07, 6.45) is 0.723. The average molecular weight is 518 g/mol. The molecular weight excluding hydrogens is 482 g/mol. The van der Waals surface area contributed by atoms with Gasteiger partial charge in [0.05, 0.1) is 20.8 Å². The summed E-state index contributed by atoms with van der Waals surface area (Å²) in [6.45, 7) is 5.94. The Bertz CT molecular complexity index is 1310. The minimum atomic E-state index is -0.0174. The van der Waals surface area contributed by atoms with Gasteiger partial charge in [0.15, 0.2) is 0 Å². The molecule has 1 saturated heterocycles. The van der Waals surface area contributed by atoms with E-state index < -0.39 is 0 Å². The predicted octanol–water partition coefficient (Wildman–Crippen LogP) is 4.68. The molecule has 200 valence electrons. The molecule has 4 aromatic rings. The highest BCUT2D eigenvalue weighted by atomic mass is 16.5. The number of aromatic nitrogens is 1. The van der Waals surface area contributed by atoms with E-state index in [0.717, 1.165) is 29.0 Å². The van der Waals surface area contributed by atoms with E-state index in [9.17, 15) is 9.59 Å². The van der Waals surface area contributed by atoms with Gasteiger partial charge in [-0.25, -0.2) is 0 Å². The van der Waals surface area contributed by atoms with Gasteiger partial charge in [-0.05, 0) is 67.9 Å². The number of methoxy groups -OCH3 is 2. The number of fused-ring (bicyclic) bond motifs is 1. The van der Waals surface area contributed by atoms with Crippen molar-refractivity contribution in [3.8, 4) is 17.2 Å². The molecule has 0 bridgehead atoms. The molecule has 2 amide bonds. The summed E-state index contributed by atoms with van der Waals surface area (Å²) in [6, 6.07) is 22.9. The van der Waals surface area contributed by atoms with Crippen LogP contribution >= 0.6 is 0 Å². The number of nitrogens with one attached hydrogen (secondary N) is 1. The largest absolute Gasteiger partial charge is 0.508 e. The van der Waals surface area contributed by atoms with Crippen LogP contribution in [-0.4, -0.2) is 66.1 Å². The Kier molecular flexibility index (Phi) is 10.2. The number of phenolic OH excluding ortho intramolecular Hbond substituents is 1. The first kappa shape index (κ1) is 28.1. The van der Waals surface area contributed by atoms with Gasteiger partial charge in [0, 0.05) is 36.2 Å². The van der Waals surface area contributed by atoms with Gasteiger partial charge >= 0.3 is 0 Å². The van der Waals surface area contributed by atoms with Gasteiger partial charge < -0.3 is 29.4 Å². The fourth-order valence-electron chi connectivity index (χ4n) is 3.90. The highest BCUT2D eigenvalue weighted by Gasteiger charge is 2.22. The number of aryl methyl sites for hydroxylation is 2. The van der Waals surface area contributed by atoms with Crippen LogP contribution in [0.5, 0.6) is 17.2 Å². The molecule has 1 aromatic heterocycles. The third kappa shape index (κ3) is 8.30. The number of benzene rings is 3. The molecule has 0 radical (unpaired) electrons. The van der Waals surface area contributed by atoms with Crippen molar-refractivity contribution in [2.45, 2.75) is 20.4 Å². The van der Waals surface area contributed by atoms with Crippen molar-refractivity contribution >= 4 is 23.2 Å². The number of hydrogen-bond donors (Lipinski definition) is 2. The maximum absolute atomic E-state index is 11.8. The van der Waals surface area contributed by atoms with E-state index in [1.807, 2.05) is 68.4 Å². The number of hydrogen-bond acceptors (Lipinski definition) is 5.